The molecule has 0 aliphatic rings. The van der Waals surface area contributed by atoms with Crippen LogP contribution in [0.25, 0.3) is 0 Å². The second-order valence-electron chi connectivity index (χ2n) is 2.06. The molecule has 0 bridgehead atoms. The first-order chi connectivity index (χ1) is 5.26. The van der Waals surface area contributed by atoms with Gasteiger partial charge < -0.3 is 4.90 Å². The molecule has 0 saturated carbocycles. The predicted molar refractivity (Wildman–Crippen MR) is 45.9 cm³/mol. The van der Waals surface area contributed by atoms with Crippen LogP contribution in [0.2, 0.25) is 0 Å². The Morgan fingerprint density at radius 3 is 2.73 bits per heavy atom. The van der Waals surface area contributed by atoms with E-state index in [4.69, 9.17) is 6.42 Å². The molecule has 0 aliphatic heterocycles. The molecule has 0 fully saturated rings. The molecule has 0 atom stereocenters. The van der Waals surface area contributed by atoms with Crippen LogP contribution in [0.5, 0.6) is 0 Å². The Morgan fingerprint density at radius 1 is 1.73 bits per heavy atom. The van der Waals surface area contributed by atoms with E-state index in [1.807, 2.05) is 13.8 Å². The van der Waals surface area contributed by atoms with E-state index in [0.717, 1.165) is 0 Å². The van der Waals surface area contributed by atoms with Gasteiger partial charge in [0.15, 0.2) is 0 Å². The minimum Gasteiger partial charge on any atom is -0.328 e. The number of carbonyl (C=O) groups is 1. The van der Waals surface area contributed by atoms with Crippen molar-refractivity contribution in [2.75, 3.05) is 13.1 Å². The highest BCUT2D eigenvalue weighted by atomic mass is 16.2. The van der Waals surface area contributed by atoms with Gasteiger partial charge in [0.2, 0.25) is 5.91 Å². The van der Waals surface area contributed by atoms with Crippen molar-refractivity contribution in [1.29, 1.82) is 0 Å². The first-order valence-corrected chi connectivity index (χ1v) is 3.61. The summed E-state index contributed by atoms with van der Waals surface area (Å²) in [5.74, 6) is 2.41. The Kier molecular flexibility index (Phi) is 4.93. The second-order valence-corrected chi connectivity index (χ2v) is 2.06. The van der Waals surface area contributed by atoms with Gasteiger partial charge in [-0.1, -0.05) is 12.0 Å². The molecule has 0 rings (SSSR count). The van der Waals surface area contributed by atoms with E-state index in [1.54, 1.807) is 11.0 Å². The summed E-state index contributed by atoms with van der Waals surface area (Å²) in [6.07, 6.45) is 8.30. The van der Waals surface area contributed by atoms with Crippen molar-refractivity contribution in [3.63, 3.8) is 0 Å². The fourth-order valence-electron chi connectivity index (χ4n) is 0.704. The van der Waals surface area contributed by atoms with Crippen molar-refractivity contribution in [2.24, 2.45) is 0 Å². The van der Waals surface area contributed by atoms with Crippen LogP contribution in [0.1, 0.15) is 13.8 Å². The number of nitrogens with zero attached hydrogens (tertiary/aromatic N) is 1. The zero-order valence-corrected chi connectivity index (χ0v) is 7.00. The van der Waals surface area contributed by atoms with E-state index in [9.17, 15) is 4.79 Å². The van der Waals surface area contributed by atoms with Crippen molar-refractivity contribution >= 4 is 5.91 Å². The van der Waals surface area contributed by atoms with Crippen molar-refractivity contribution < 1.29 is 4.79 Å². The number of hydrogen-bond donors (Lipinski definition) is 0. The SMILES string of the molecule is C#CCN(CC)C(=O)/C=C/C. The van der Waals surface area contributed by atoms with Gasteiger partial charge in [0.25, 0.3) is 0 Å². The van der Waals surface area contributed by atoms with Crippen LogP contribution in [0.3, 0.4) is 0 Å². The molecule has 0 radical (unpaired) electrons. The van der Waals surface area contributed by atoms with Gasteiger partial charge in [-0.05, 0) is 19.9 Å². The number of carbonyl (C=O) groups excluding carboxylic acids is 1. The van der Waals surface area contributed by atoms with Gasteiger partial charge >= 0.3 is 0 Å². The van der Waals surface area contributed by atoms with Gasteiger partial charge in [-0.3, -0.25) is 4.79 Å². The summed E-state index contributed by atoms with van der Waals surface area (Å²) < 4.78 is 0. The molecule has 0 aromatic carbocycles. The van der Waals surface area contributed by atoms with Crippen LogP contribution in [0, 0.1) is 12.3 Å². The average molecular weight is 151 g/mol. The predicted octanol–water partition coefficient (Wildman–Crippen LogP) is 1.04. The quantitative estimate of drug-likeness (QED) is 0.436. The van der Waals surface area contributed by atoms with Gasteiger partial charge in [0.1, 0.15) is 0 Å². The summed E-state index contributed by atoms with van der Waals surface area (Å²) in [5.41, 5.74) is 0. The van der Waals surface area contributed by atoms with Gasteiger partial charge in [0, 0.05) is 6.54 Å². The van der Waals surface area contributed by atoms with Gasteiger partial charge in [0.05, 0.1) is 6.54 Å². The molecule has 0 aromatic rings. The van der Waals surface area contributed by atoms with Crippen LogP contribution in [0.4, 0.5) is 0 Å². The lowest BCUT2D eigenvalue weighted by atomic mass is 10.4. The lowest BCUT2D eigenvalue weighted by Gasteiger charge is -2.14. The molecule has 0 aliphatic carbocycles. The van der Waals surface area contributed by atoms with E-state index in [2.05, 4.69) is 5.92 Å². The maximum Gasteiger partial charge on any atom is 0.246 e. The summed E-state index contributed by atoms with van der Waals surface area (Å²) in [4.78, 5) is 12.7. The number of terminal acetylenes is 1. The fourth-order valence-corrected chi connectivity index (χ4v) is 0.704. The first-order valence-electron chi connectivity index (χ1n) is 3.61. The Bertz CT molecular complexity index is 188. The highest BCUT2D eigenvalue weighted by molar-refractivity contribution is 5.87. The van der Waals surface area contributed by atoms with Crippen LogP contribution < -0.4 is 0 Å². The summed E-state index contributed by atoms with van der Waals surface area (Å²) in [7, 11) is 0. The van der Waals surface area contributed by atoms with Gasteiger partial charge in [-0.15, -0.1) is 6.42 Å². The van der Waals surface area contributed by atoms with Crippen LogP contribution in [0.15, 0.2) is 12.2 Å². The molecule has 0 unspecified atom stereocenters. The normalized spacial score (nSPS) is 9.55. The maximum atomic E-state index is 11.1. The minimum absolute atomic E-state index is 0.0204. The molecule has 0 aromatic heterocycles. The van der Waals surface area contributed by atoms with Crippen molar-refractivity contribution in [3.8, 4) is 12.3 Å². The number of allylic oxidation sites excluding steroid dienone is 1. The summed E-state index contributed by atoms with van der Waals surface area (Å²) in [5, 5.41) is 0. The zero-order chi connectivity index (χ0) is 8.69. The Morgan fingerprint density at radius 2 is 2.36 bits per heavy atom. The number of amides is 1. The maximum absolute atomic E-state index is 11.1. The third-order valence-electron chi connectivity index (χ3n) is 1.28. The molecule has 60 valence electrons. The monoisotopic (exact) mass is 151 g/mol. The van der Waals surface area contributed by atoms with Crippen LogP contribution in [-0.2, 0) is 4.79 Å². The molecule has 0 N–H and O–H groups in total. The molecule has 0 spiro atoms. The minimum atomic E-state index is -0.0204. The molecule has 1 amide bonds. The molecular formula is C9H13NO. The van der Waals surface area contributed by atoms with Crippen LogP contribution >= 0.6 is 0 Å². The molecular weight excluding hydrogens is 138 g/mol. The Hall–Kier alpha value is -1.23. The van der Waals surface area contributed by atoms with E-state index in [-0.39, 0.29) is 5.91 Å². The standard InChI is InChI=1S/C9H13NO/c1-4-7-9(11)10(6-3)8-5-2/h2,4,7H,6,8H2,1,3H3/b7-4+. The topological polar surface area (TPSA) is 20.3 Å². The number of rotatable bonds is 3. The van der Waals surface area contributed by atoms with E-state index in [1.165, 1.54) is 6.08 Å². The van der Waals surface area contributed by atoms with E-state index >= 15 is 0 Å². The summed E-state index contributed by atoms with van der Waals surface area (Å²) in [6.45, 7) is 4.76. The van der Waals surface area contributed by atoms with E-state index in [0.29, 0.717) is 13.1 Å². The molecule has 2 nitrogen and oxygen atoms in total. The van der Waals surface area contributed by atoms with Gasteiger partial charge in [-0.2, -0.15) is 0 Å². The number of likely N-dealkylation sites (N-methyl/N-ethyl adjacent to an activating group) is 1. The first kappa shape index (κ1) is 9.77. The molecule has 11 heavy (non-hydrogen) atoms. The van der Waals surface area contributed by atoms with Crippen molar-refractivity contribution in [1.82, 2.24) is 4.90 Å². The lowest BCUT2D eigenvalue weighted by Crippen LogP contribution is -2.29. The molecule has 0 heterocycles. The smallest absolute Gasteiger partial charge is 0.246 e. The third-order valence-corrected chi connectivity index (χ3v) is 1.28. The largest absolute Gasteiger partial charge is 0.328 e. The molecule has 2 heteroatoms. The summed E-state index contributed by atoms with van der Waals surface area (Å²) >= 11 is 0. The highest BCUT2D eigenvalue weighted by Crippen LogP contribution is 1.89. The Balaban J connectivity index is 4.04. The highest BCUT2D eigenvalue weighted by Gasteiger charge is 2.04. The average Bonchev–Trinajstić information content (AvgIpc) is 2.00. The summed E-state index contributed by atoms with van der Waals surface area (Å²) in [6, 6.07) is 0. The van der Waals surface area contributed by atoms with Gasteiger partial charge in [-0.25, -0.2) is 0 Å². The third kappa shape index (κ3) is 3.47. The van der Waals surface area contributed by atoms with E-state index < -0.39 is 0 Å². The zero-order valence-electron chi connectivity index (χ0n) is 7.00. The van der Waals surface area contributed by atoms with Crippen LogP contribution in [-0.4, -0.2) is 23.9 Å². The second kappa shape index (κ2) is 5.55. The van der Waals surface area contributed by atoms with Crippen molar-refractivity contribution in [3.05, 3.63) is 12.2 Å². The Labute approximate surface area is 67.9 Å². The molecule has 0 saturated heterocycles. The number of hydrogen-bond acceptors (Lipinski definition) is 1. The fraction of sp³-hybridized carbons (Fsp3) is 0.444. The lowest BCUT2D eigenvalue weighted by molar-refractivity contribution is -0.125. The van der Waals surface area contributed by atoms with Crippen molar-refractivity contribution in [2.45, 2.75) is 13.8 Å².